The van der Waals surface area contributed by atoms with Crippen LogP contribution < -0.4 is 4.74 Å². The van der Waals surface area contributed by atoms with E-state index >= 15 is 0 Å². The molecule has 33 heavy (non-hydrogen) atoms. The van der Waals surface area contributed by atoms with E-state index in [0.717, 1.165) is 30.5 Å². The molecule has 6 heteroatoms. The van der Waals surface area contributed by atoms with E-state index in [4.69, 9.17) is 4.74 Å². The molecule has 1 fully saturated rings. The minimum atomic E-state index is -0.664. The summed E-state index contributed by atoms with van der Waals surface area (Å²) in [5.41, 5.74) is 2.44. The Bertz CT molecular complexity index is 1010. The summed E-state index contributed by atoms with van der Waals surface area (Å²) in [6.45, 7) is 5.86. The van der Waals surface area contributed by atoms with E-state index in [9.17, 15) is 14.7 Å². The third-order valence-corrected chi connectivity index (χ3v) is 5.81. The van der Waals surface area contributed by atoms with E-state index in [2.05, 4.69) is 6.92 Å². The molecule has 1 atom stereocenters. The number of hydrogen-bond donors (Lipinski definition) is 1. The minimum Gasteiger partial charge on any atom is -0.507 e. The predicted octanol–water partition coefficient (Wildman–Crippen LogP) is 4.55. The Morgan fingerprint density at radius 1 is 1.09 bits per heavy atom. The predicted molar refractivity (Wildman–Crippen MR) is 130 cm³/mol. The maximum Gasteiger partial charge on any atom is 0.295 e. The molecular formula is C27H34N2O4. The van der Waals surface area contributed by atoms with Gasteiger partial charge in [-0.3, -0.25) is 9.59 Å². The van der Waals surface area contributed by atoms with Gasteiger partial charge in [-0.2, -0.15) is 0 Å². The molecule has 0 unspecified atom stereocenters. The molecular weight excluding hydrogens is 416 g/mol. The highest BCUT2D eigenvalue weighted by Gasteiger charge is 2.45. The second kappa shape index (κ2) is 11.1. The number of ketones is 1. The molecule has 1 aliphatic rings. The average Bonchev–Trinajstić information content (AvgIpc) is 3.04. The van der Waals surface area contributed by atoms with Crippen LogP contribution in [-0.2, 0) is 9.59 Å². The maximum absolute atomic E-state index is 13.1. The Labute approximate surface area is 196 Å². The molecule has 1 saturated heterocycles. The van der Waals surface area contributed by atoms with Crippen molar-refractivity contribution in [2.24, 2.45) is 0 Å². The molecule has 176 valence electrons. The van der Waals surface area contributed by atoms with Crippen LogP contribution in [-0.4, -0.2) is 60.4 Å². The van der Waals surface area contributed by atoms with Crippen LogP contribution in [0.5, 0.6) is 5.75 Å². The highest BCUT2D eigenvalue weighted by atomic mass is 16.5. The first-order valence-corrected chi connectivity index (χ1v) is 11.6. The van der Waals surface area contributed by atoms with Crippen LogP contribution in [0.2, 0.25) is 0 Å². The number of aliphatic hydroxyl groups is 1. The van der Waals surface area contributed by atoms with Crippen LogP contribution >= 0.6 is 0 Å². The number of carbonyl (C=O) groups excluding carboxylic acids is 2. The Balaban J connectivity index is 2.04. The molecule has 1 N–H and O–H groups in total. The van der Waals surface area contributed by atoms with Crippen molar-refractivity contribution in [1.29, 1.82) is 0 Å². The molecule has 6 nitrogen and oxygen atoms in total. The summed E-state index contributed by atoms with van der Waals surface area (Å²) in [4.78, 5) is 29.8. The van der Waals surface area contributed by atoms with E-state index in [-0.39, 0.29) is 11.3 Å². The standard InChI is InChI=1S/C27H34N2O4/c1-5-6-17-33-22-10-7-9-21(18-22)24-23(25(30)20-13-11-19(2)12-14-20)26(31)27(32)29(24)16-8-15-28(3)4/h7,9-14,18,24,30H,5-6,8,15-17H2,1-4H3/t24-/m1/s1. The quantitative estimate of drug-likeness (QED) is 0.249. The number of aryl methyl sites for hydroxylation is 1. The van der Waals surface area contributed by atoms with Crippen molar-refractivity contribution in [2.75, 3.05) is 33.8 Å². The van der Waals surface area contributed by atoms with Crippen molar-refractivity contribution >= 4 is 17.4 Å². The minimum absolute atomic E-state index is 0.124. The van der Waals surface area contributed by atoms with Gasteiger partial charge in [-0.25, -0.2) is 0 Å². The van der Waals surface area contributed by atoms with Crippen molar-refractivity contribution in [3.63, 3.8) is 0 Å². The van der Waals surface area contributed by atoms with Gasteiger partial charge in [-0.05, 0) is 58.1 Å². The van der Waals surface area contributed by atoms with Crippen molar-refractivity contribution in [3.05, 3.63) is 70.8 Å². The molecule has 0 saturated carbocycles. The van der Waals surface area contributed by atoms with E-state index in [1.165, 1.54) is 0 Å². The highest BCUT2D eigenvalue weighted by Crippen LogP contribution is 2.40. The number of rotatable bonds is 10. The zero-order valence-electron chi connectivity index (χ0n) is 20.0. The highest BCUT2D eigenvalue weighted by molar-refractivity contribution is 6.46. The molecule has 0 radical (unpaired) electrons. The Kier molecular flexibility index (Phi) is 8.28. The molecule has 1 heterocycles. The van der Waals surface area contributed by atoms with Gasteiger partial charge >= 0.3 is 0 Å². The van der Waals surface area contributed by atoms with Gasteiger partial charge in [-0.15, -0.1) is 0 Å². The number of carbonyl (C=O) groups is 2. The lowest BCUT2D eigenvalue weighted by Crippen LogP contribution is -2.32. The summed E-state index contributed by atoms with van der Waals surface area (Å²) in [5, 5.41) is 11.1. The fraction of sp³-hybridized carbons (Fsp3) is 0.407. The zero-order valence-corrected chi connectivity index (χ0v) is 20.0. The SMILES string of the molecule is CCCCOc1cccc([C@@H]2C(=C(O)c3ccc(C)cc3)C(=O)C(=O)N2CCCN(C)C)c1. The number of benzene rings is 2. The summed E-state index contributed by atoms with van der Waals surface area (Å²) in [5.74, 6) is -0.689. The van der Waals surface area contributed by atoms with Gasteiger partial charge in [0, 0.05) is 12.1 Å². The monoisotopic (exact) mass is 450 g/mol. The van der Waals surface area contributed by atoms with Gasteiger partial charge in [0.25, 0.3) is 11.7 Å². The third-order valence-electron chi connectivity index (χ3n) is 5.81. The summed E-state index contributed by atoms with van der Waals surface area (Å²) in [6.07, 6.45) is 2.69. The summed E-state index contributed by atoms with van der Waals surface area (Å²) in [6, 6.07) is 14.1. The van der Waals surface area contributed by atoms with Crippen molar-refractivity contribution < 1.29 is 19.4 Å². The summed E-state index contributed by atoms with van der Waals surface area (Å²) >= 11 is 0. The van der Waals surface area contributed by atoms with Gasteiger partial charge in [0.2, 0.25) is 0 Å². The number of amides is 1. The zero-order chi connectivity index (χ0) is 24.0. The maximum atomic E-state index is 13.1. The molecule has 0 aliphatic carbocycles. The molecule has 0 aromatic heterocycles. The van der Waals surface area contributed by atoms with E-state index in [1.807, 2.05) is 62.3 Å². The van der Waals surface area contributed by atoms with Crippen molar-refractivity contribution in [1.82, 2.24) is 9.80 Å². The lowest BCUT2D eigenvalue weighted by atomic mass is 9.95. The smallest absolute Gasteiger partial charge is 0.295 e. The second-order valence-electron chi connectivity index (χ2n) is 8.79. The first-order chi connectivity index (χ1) is 15.8. The van der Waals surface area contributed by atoms with Crippen molar-refractivity contribution in [2.45, 2.75) is 39.2 Å². The van der Waals surface area contributed by atoms with Crippen LogP contribution in [0, 0.1) is 6.92 Å². The van der Waals surface area contributed by atoms with Gasteiger partial charge < -0.3 is 19.6 Å². The Morgan fingerprint density at radius 2 is 1.82 bits per heavy atom. The number of Topliss-reactive ketones (excluding diaryl/α,β-unsaturated/α-hetero) is 1. The molecule has 2 aromatic rings. The van der Waals surface area contributed by atoms with E-state index in [1.54, 1.807) is 17.0 Å². The van der Waals surface area contributed by atoms with Crippen LogP contribution in [0.25, 0.3) is 5.76 Å². The Hall–Kier alpha value is -3.12. The number of aliphatic hydroxyl groups excluding tert-OH is 1. The molecule has 0 bridgehead atoms. The molecule has 2 aromatic carbocycles. The third kappa shape index (κ3) is 5.82. The Morgan fingerprint density at radius 3 is 2.48 bits per heavy atom. The molecule has 0 spiro atoms. The van der Waals surface area contributed by atoms with E-state index in [0.29, 0.717) is 30.9 Å². The lowest BCUT2D eigenvalue weighted by Gasteiger charge is -2.26. The average molecular weight is 451 g/mol. The van der Waals surface area contributed by atoms with Crippen LogP contribution in [0.1, 0.15) is 48.9 Å². The molecule has 3 rings (SSSR count). The topological polar surface area (TPSA) is 70.1 Å². The molecule has 1 aliphatic heterocycles. The fourth-order valence-corrected chi connectivity index (χ4v) is 3.99. The van der Waals surface area contributed by atoms with Crippen LogP contribution in [0.15, 0.2) is 54.1 Å². The van der Waals surface area contributed by atoms with Gasteiger partial charge in [0.05, 0.1) is 18.2 Å². The second-order valence-corrected chi connectivity index (χ2v) is 8.79. The van der Waals surface area contributed by atoms with Crippen molar-refractivity contribution in [3.8, 4) is 5.75 Å². The number of likely N-dealkylation sites (tertiary alicyclic amines) is 1. The number of unbranched alkanes of at least 4 members (excludes halogenated alkanes) is 1. The first-order valence-electron chi connectivity index (χ1n) is 11.6. The lowest BCUT2D eigenvalue weighted by molar-refractivity contribution is -0.139. The van der Waals surface area contributed by atoms with Gasteiger partial charge in [0.1, 0.15) is 11.5 Å². The van der Waals surface area contributed by atoms with Crippen LogP contribution in [0.4, 0.5) is 0 Å². The molecule has 1 amide bonds. The number of ether oxygens (including phenoxy) is 1. The van der Waals surface area contributed by atoms with E-state index < -0.39 is 17.7 Å². The fourth-order valence-electron chi connectivity index (χ4n) is 3.99. The van der Waals surface area contributed by atoms with Gasteiger partial charge in [0.15, 0.2) is 0 Å². The number of hydrogen-bond acceptors (Lipinski definition) is 5. The first kappa shape index (κ1) is 24.5. The van der Waals surface area contributed by atoms with Gasteiger partial charge in [-0.1, -0.05) is 55.3 Å². The summed E-state index contributed by atoms with van der Waals surface area (Å²) in [7, 11) is 3.94. The number of nitrogens with zero attached hydrogens (tertiary/aromatic N) is 2. The largest absolute Gasteiger partial charge is 0.507 e. The summed E-state index contributed by atoms with van der Waals surface area (Å²) < 4.78 is 5.87. The normalized spacial score (nSPS) is 17.7. The van der Waals surface area contributed by atoms with Crippen LogP contribution in [0.3, 0.4) is 0 Å².